The van der Waals surface area contributed by atoms with Gasteiger partial charge in [-0.15, -0.1) is 0 Å². The molecule has 27 heavy (non-hydrogen) atoms. The summed E-state index contributed by atoms with van der Waals surface area (Å²) in [4.78, 5) is 34.5. The van der Waals surface area contributed by atoms with Crippen LogP contribution >= 0.6 is 0 Å². The number of nitrogens with two attached hydrogens (primary N) is 1. The van der Waals surface area contributed by atoms with Gasteiger partial charge in [0, 0.05) is 29.9 Å². The van der Waals surface area contributed by atoms with Crippen LogP contribution in [0, 0.1) is 0 Å². The van der Waals surface area contributed by atoms with E-state index in [2.05, 4.69) is 17.1 Å². The third-order valence-corrected chi connectivity index (χ3v) is 4.63. The molecule has 3 rings (SSSR count). The van der Waals surface area contributed by atoms with Crippen molar-refractivity contribution in [3.63, 3.8) is 0 Å². The van der Waals surface area contributed by atoms with Gasteiger partial charge in [-0.05, 0) is 43.9 Å². The number of anilines is 1. The summed E-state index contributed by atoms with van der Waals surface area (Å²) in [5.74, 6) is -0.114. The lowest BCUT2D eigenvalue weighted by Gasteiger charge is -2.27. The molecule has 2 aromatic rings. The van der Waals surface area contributed by atoms with E-state index in [1.165, 1.54) is 19.3 Å². The molecule has 2 heterocycles. The topological polar surface area (TPSA) is 101 Å². The zero-order valence-corrected chi connectivity index (χ0v) is 15.6. The first-order valence-electron chi connectivity index (χ1n) is 9.36. The molecule has 3 N–H and O–H groups in total. The Kier molecular flexibility index (Phi) is 6.01. The van der Waals surface area contributed by atoms with Crippen LogP contribution in [0.2, 0.25) is 0 Å². The SMILES string of the molecule is CCc1cc(-c2ccc(C(=O)NCC(N)=O)cc2)nc(N2CCCCC2)n1. The monoisotopic (exact) mass is 367 g/mol. The predicted octanol–water partition coefficient (Wildman–Crippen LogP) is 1.91. The average Bonchev–Trinajstić information content (AvgIpc) is 2.72. The summed E-state index contributed by atoms with van der Waals surface area (Å²) in [5.41, 5.74) is 8.31. The van der Waals surface area contributed by atoms with Crippen LogP contribution in [-0.2, 0) is 11.2 Å². The predicted molar refractivity (Wildman–Crippen MR) is 104 cm³/mol. The highest BCUT2D eigenvalue weighted by atomic mass is 16.2. The fourth-order valence-electron chi connectivity index (χ4n) is 3.11. The molecule has 0 atom stereocenters. The van der Waals surface area contributed by atoms with Gasteiger partial charge in [0.15, 0.2) is 0 Å². The number of rotatable bonds is 6. The van der Waals surface area contributed by atoms with Gasteiger partial charge in [0.1, 0.15) is 0 Å². The van der Waals surface area contributed by atoms with Crippen LogP contribution in [0.25, 0.3) is 11.3 Å². The van der Waals surface area contributed by atoms with Crippen LogP contribution in [0.3, 0.4) is 0 Å². The second kappa shape index (κ2) is 8.62. The van der Waals surface area contributed by atoms with Crippen molar-refractivity contribution in [2.24, 2.45) is 5.73 Å². The van der Waals surface area contributed by atoms with E-state index >= 15 is 0 Å². The third-order valence-electron chi connectivity index (χ3n) is 4.63. The van der Waals surface area contributed by atoms with Gasteiger partial charge in [-0.3, -0.25) is 9.59 Å². The molecular formula is C20H25N5O2. The highest BCUT2D eigenvalue weighted by Gasteiger charge is 2.16. The van der Waals surface area contributed by atoms with E-state index in [4.69, 9.17) is 15.7 Å². The molecule has 2 amide bonds. The van der Waals surface area contributed by atoms with E-state index in [-0.39, 0.29) is 12.5 Å². The second-order valence-corrected chi connectivity index (χ2v) is 6.67. The normalized spacial score (nSPS) is 14.0. The summed E-state index contributed by atoms with van der Waals surface area (Å²) in [6.07, 6.45) is 4.44. The first-order valence-corrected chi connectivity index (χ1v) is 9.36. The van der Waals surface area contributed by atoms with E-state index < -0.39 is 5.91 Å². The molecule has 0 spiro atoms. The molecule has 1 aromatic carbocycles. The van der Waals surface area contributed by atoms with Crippen LogP contribution in [0.5, 0.6) is 0 Å². The van der Waals surface area contributed by atoms with Crippen LogP contribution in [-0.4, -0.2) is 41.4 Å². The molecule has 1 aromatic heterocycles. The number of aryl methyl sites for hydroxylation is 1. The molecule has 0 saturated carbocycles. The minimum atomic E-state index is -0.571. The largest absolute Gasteiger partial charge is 0.368 e. The van der Waals surface area contributed by atoms with Crippen molar-refractivity contribution in [3.05, 3.63) is 41.6 Å². The standard InChI is InChI=1S/C20H25N5O2/c1-2-16-12-17(24-20(23-16)25-10-4-3-5-11-25)14-6-8-15(9-7-14)19(27)22-13-18(21)26/h6-9,12H,2-5,10-11,13H2,1H3,(H2,21,26)(H,22,27). The summed E-state index contributed by atoms with van der Waals surface area (Å²) in [5, 5.41) is 2.48. The lowest BCUT2D eigenvalue weighted by atomic mass is 10.1. The molecule has 0 radical (unpaired) electrons. The highest BCUT2D eigenvalue weighted by Crippen LogP contribution is 2.23. The Morgan fingerprint density at radius 2 is 1.81 bits per heavy atom. The molecule has 0 unspecified atom stereocenters. The van der Waals surface area contributed by atoms with Crippen molar-refractivity contribution in [3.8, 4) is 11.3 Å². The number of piperidine rings is 1. The van der Waals surface area contributed by atoms with Crippen LogP contribution in [0.15, 0.2) is 30.3 Å². The molecular weight excluding hydrogens is 342 g/mol. The number of amides is 2. The van der Waals surface area contributed by atoms with Crippen molar-refractivity contribution in [1.82, 2.24) is 15.3 Å². The first kappa shape index (κ1) is 18.8. The fraction of sp³-hybridized carbons (Fsp3) is 0.400. The maximum Gasteiger partial charge on any atom is 0.251 e. The number of primary amides is 1. The average molecular weight is 367 g/mol. The quantitative estimate of drug-likeness (QED) is 0.812. The number of nitrogens with one attached hydrogen (secondary N) is 1. The van der Waals surface area contributed by atoms with Crippen molar-refractivity contribution in [2.75, 3.05) is 24.5 Å². The summed E-state index contributed by atoms with van der Waals surface area (Å²) in [7, 11) is 0. The lowest BCUT2D eigenvalue weighted by Crippen LogP contribution is -2.33. The van der Waals surface area contributed by atoms with Gasteiger partial charge in [-0.2, -0.15) is 0 Å². The number of benzene rings is 1. The Morgan fingerprint density at radius 3 is 2.44 bits per heavy atom. The fourth-order valence-corrected chi connectivity index (χ4v) is 3.11. The van der Waals surface area contributed by atoms with E-state index in [1.54, 1.807) is 12.1 Å². The molecule has 1 aliphatic rings. The number of aromatic nitrogens is 2. The van der Waals surface area contributed by atoms with Crippen LogP contribution in [0.4, 0.5) is 5.95 Å². The minimum absolute atomic E-state index is 0.175. The molecule has 1 saturated heterocycles. The van der Waals surface area contributed by atoms with Crippen molar-refractivity contribution < 1.29 is 9.59 Å². The van der Waals surface area contributed by atoms with E-state index in [1.807, 2.05) is 18.2 Å². The molecule has 0 aliphatic carbocycles. The molecule has 0 bridgehead atoms. The number of nitrogens with zero attached hydrogens (tertiary/aromatic N) is 3. The zero-order valence-electron chi connectivity index (χ0n) is 15.6. The van der Waals surface area contributed by atoms with Gasteiger partial charge in [-0.1, -0.05) is 19.1 Å². The lowest BCUT2D eigenvalue weighted by molar-refractivity contribution is -0.117. The van der Waals surface area contributed by atoms with Crippen molar-refractivity contribution in [1.29, 1.82) is 0 Å². The van der Waals surface area contributed by atoms with E-state index in [0.717, 1.165) is 42.4 Å². The van der Waals surface area contributed by atoms with Crippen molar-refractivity contribution >= 4 is 17.8 Å². The first-order chi connectivity index (χ1) is 13.1. The number of hydrogen-bond donors (Lipinski definition) is 2. The Balaban J connectivity index is 1.82. The molecule has 1 fully saturated rings. The number of hydrogen-bond acceptors (Lipinski definition) is 5. The van der Waals surface area contributed by atoms with Gasteiger partial charge in [0.05, 0.1) is 12.2 Å². The summed E-state index contributed by atoms with van der Waals surface area (Å²) in [6.45, 7) is 3.89. The molecule has 142 valence electrons. The second-order valence-electron chi connectivity index (χ2n) is 6.67. The Morgan fingerprint density at radius 1 is 1.11 bits per heavy atom. The van der Waals surface area contributed by atoms with Crippen LogP contribution < -0.4 is 16.0 Å². The van der Waals surface area contributed by atoms with E-state index in [0.29, 0.717) is 5.56 Å². The van der Waals surface area contributed by atoms with Gasteiger partial charge in [0.2, 0.25) is 11.9 Å². The highest BCUT2D eigenvalue weighted by molar-refractivity contribution is 5.96. The van der Waals surface area contributed by atoms with Gasteiger partial charge < -0.3 is 16.0 Å². The molecule has 1 aliphatic heterocycles. The summed E-state index contributed by atoms with van der Waals surface area (Å²) in [6, 6.07) is 9.16. The maximum atomic E-state index is 12.0. The Bertz CT molecular complexity index is 814. The number of carbonyl (C=O) groups is 2. The van der Waals surface area contributed by atoms with Crippen LogP contribution in [0.1, 0.15) is 42.2 Å². The van der Waals surface area contributed by atoms with Gasteiger partial charge >= 0.3 is 0 Å². The van der Waals surface area contributed by atoms with Crippen molar-refractivity contribution in [2.45, 2.75) is 32.6 Å². The van der Waals surface area contributed by atoms with Gasteiger partial charge in [0.25, 0.3) is 5.91 Å². The maximum absolute atomic E-state index is 12.0. The Hall–Kier alpha value is -2.96. The summed E-state index contributed by atoms with van der Waals surface area (Å²) >= 11 is 0. The minimum Gasteiger partial charge on any atom is -0.368 e. The molecule has 7 heteroatoms. The number of carbonyl (C=O) groups excluding carboxylic acids is 2. The van der Waals surface area contributed by atoms with Gasteiger partial charge in [-0.25, -0.2) is 9.97 Å². The third kappa shape index (κ3) is 4.81. The molecule has 7 nitrogen and oxygen atoms in total. The zero-order chi connectivity index (χ0) is 19.2. The Labute approximate surface area is 159 Å². The smallest absolute Gasteiger partial charge is 0.251 e. The summed E-state index contributed by atoms with van der Waals surface area (Å²) < 4.78 is 0. The van der Waals surface area contributed by atoms with E-state index in [9.17, 15) is 9.59 Å².